The Morgan fingerprint density at radius 3 is 2.79 bits per heavy atom. The van der Waals surface area contributed by atoms with Crippen LogP contribution < -0.4 is 0 Å². The molecular formula is C20H21FN2O. The van der Waals surface area contributed by atoms with Crippen molar-refractivity contribution in [3.05, 3.63) is 77.9 Å². The lowest BCUT2D eigenvalue weighted by Gasteiger charge is -2.32. The largest absolute Gasteiger partial charge is 0.333 e. The van der Waals surface area contributed by atoms with E-state index in [2.05, 4.69) is 17.1 Å². The normalized spacial score (nSPS) is 18.2. The number of carbonyl (C=O) groups is 1. The molecule has 1 aromatic carbocycles. The molecule has 0 N–H and O–H groups in total. The van der Waals surface area contributed by atoms with Crippen molar-refractivity contribution in [2.24, 2.45) is 5.92 Å². The van der Waals surface area contributed by atoms with Crippen molar-refractivity contribution < 1.29 is 9.18 Å². The van der Waals surface area contributed by atoms with Crippen molar-refractivity contribution in [2.75, 3.05) is 7.05 Å². The van der Waals surface area contributed by atoms with E-state index < -0.39 is 0 Å². The monoisotopic (exact) mass is 324 g/mol. The second-order valence-corrected chi connectivity index (χ2v) is 6.14. The van der Waals surface area contributed by atoms with Gasteiger partial charge in [-0.1, -0.05) is 30.4 Å². The molecule has 1 aliphatic carbocycles. The van der Waals surface area contributed by atoms with E-state index in [9.17, 15) is 9.18 Å². The molecule has 0 radical (unpaired) electrons. The second kappa shape index (κ2) is 7.39. The van der Waals surface area contributed by atoms with E-state index in [1.165, 1.54) is 12.1 Å². The lowest BCUT2D eigenvalue weighted by atomic mass is 9.91. The maximum absolute atomic E-state index is 13.7. The van der Waals surface area contributed by atoms with Gasteiger partial charge in [0, 0.05) is 19.2 Å². The molecule has 2 aromatic rings. The third-order valence-corrected chi connectivity index (χ3v) is 4.49. The van der Waals surface area contributed by atoms with Crippen LogP contribution in [-0.4, -0.2) is 22.8 Å². The van der Waals surface area contributed by atoms with Crippen LogP contribution in [0.5, 0.6) is 0 Å². The van der Waals surface area contributed by atoms with Crippen LogP contribution in [0.3, 0.4) is 0 Å². The summed E-state index contributed by atoms with van der Waals surface area (Å²) < 4.78 is 13.7. The van der Waals surface area contributed by atoms with E-state index in [0.717, 1.165) is 30.5 Å². The lowest BCUT2D eigenvalue weighted by Crippen LogP contribution is -2.37. The summed E-state index contributed by atoms with van der Waals surface area (Å²) >= 11 is 0. The van der Waals surface area contributed by atoms with Crippen molar-refractivity contribution in [1.82, 2.24) is 9.88 Å². The van der Waals surface area contributed by atoms with Crippen LogP contribution in [-0.2, 0) is 4.79 Å². The minimum absolute atomic E-state index is 0.0141. The summed E-state index contributed by atoms with van der Waals surface area (Å²) in [5.74, 6) is -0.242. The number of hydrogen-bond donors (Lipinski definition) is 0. The van der Waals surface area contributed by atoms with E-state index in [-0.39, 0.29) is 23.7 Å². The van der Waals surface area contributed by atoms with Crippen LogP contribution in [0.15, 0.2) is 60.8 Å². The highest BCUT2D eigenvalue weighted by Gasteiger charge is 2.29. The average Bonchev–Trinajstić information content (AvgIpc) is 2.63. The number of halogens is 1. The Morgan fingerprint density at radius 2 is 2.12 bits per heavy atom. The zero-order valence-electron chi connectivity index (χ0n) is 13.7. The van der Waals surface area contributed by atoms with Gasteiger partial charge in [0.15, 0.2) is 0 Å². The first kappa shape index (κ1) is 16.4. The predicted molar refractivity (Wildman–Crippen MR) is 91.7 cm³/mol. The highest BCUT2D eigenvalue weighted by Crippen LogP contribution is 2.30. The number of pyridine rings is 1. The molecule has 1 amide bonds. The van der Waals surface area contributed by atoms with Gasteiger partial charge in [-0.05, 0) is 49.1 Å². The third kappa shape index (κ3) is 3.53. The SMILES string of the molecule is CN(C(=O)C1CC=CCC1)C(c1cccc(F)c1)c1ccccn1. The molecule has 0 saturated heterocycles. The molecule has 1 aliphatic rings. The Kier molecular flexibility index (Phi) is 5.04. The maximum Gasteiger partial charge on any atom is 0.226 e. The Morgan fingerprint density at radius 1 is 1.25 bits per heavy atom. The number of allylic oxidation sites excluding steroid dienone is 2. The minimum atomic E-state index is -0.389. The second-order valence-electron chi connectivity index (χ2n) is 6.14. The third-order valence-electron chi connectivity index (χ3n) is 4.49. The van der Waals surface area contributed by atoms with Gasteiger partial charge in [-0.3, -0.25) is 9.78 Å². The first-order valence-electron chi connectivity index (χ1n) is 8.25. The molecule has 1 aromatic heterocycles. The number of hydrogen-bond acceptors (Lipinski definition) is 2. The number of carbonyl (C=O) groups excluding carboxylic acids is 1. The number of nitrogens with zero attached hydrogens (tertiary/aromatic N) is 2. The number of benzene rings is 1. The van der Waals surface area contributed by atoms with Crippen molar-refractivity contribution in [1.29, 1.82) is 0 Å². The van der Waals surface area contributed by atoms with E-state index in [4.69, 9.17) is 0 Å². The maximum atomic E-state index is 13.7. The summed E-state index contributed by atoms with van der Waals surface area (Å²) in [6.45, 7) is 0. The van der Waals surface area contributed by atoms with Crippen LogP contribution in [0.1, 0.15) is 36.6 Å². The van der Waals surface area contributed by atoms with Crippen molar-refractivity contribution in [3.63, 3.8) is 0 Å². The molecule has 3 rings (SSSR count). The first-order valence-corrected chi connectivity index (χ1v) is 8.25. The number of rotatable bonds is 4. The van der Waals surface area contributed by atoms with E-state index in [0.29, 0.717) is 0 Å². The van der Waals surface area contributed by atoms with Gasteiger partial charge in [0.25, 0.3) is 0 Å². The summed E-state index contributed by atoms with van der Waals surface area (Å²) in [5.41, 5.74) is 1.47. The van der Waals surface area contributed by atoms with Gasteiger partial charge in [-0.2, -0.15) is 0 Å². The van der Waals surface area contributed by atoms with Gasteiger partial charge < -0.3 is 4.90 Å². The Balaban J connectivity index is 1.95. The highest BCUT2D eigenvalue weighted by molar-refractivity contribution is 5.79. The fourth-order valence-electron chi connectivity index (χ4n) is 3.24. The summed E-state index contributed by atoms with van der Waals surface area (Å²) in [4.78, 5) is 19.1. The van der Waals surface area contributed by atoms with Crippen LogP contribution in [0, 0.1) is 11.7 Å². The van der Waals surface area contributed by atoms with Crippen LogP contribution in [0.2, 0.25) is 0 Å². The molecule has 0 aliphatic heterocycles. The van der Waals surface area contributed by atoms with Gasteiger partial charge in [-0.25, -0.2) is 4.39 Å². The average molecular weight is 324 g/mol. The summed E-state index contributed by atoms with van der Waals surface area (Å²) in [6, 6.07) is 11.6. The molecule has 0 spiro atoms. The molecule has 4 heteroatoms. The molecule has 1 heterocycles. The molecule has 2 atom stereocenters. The Bertz CT molecular complexity index is 729. The van der Waals surface area contributed by atoms with Gasteiger partial charge in [-0.15, -0.1) is 0 Å². The minimum Gasteiger partial charge on any atom is -0.333 e. The molecule has 24 heavy (non-hydrogen) atoms. The molecule has 0 saturated carbocycles. The number of amides is 1. The molecule has 3 nitrogen and oxygen atoms in total. The van der Waals surface area contributed by atoms with Crippen molar-refractivity contribution in [3.8, 4) is 0 Å². The molecule has 2 unspecified atom stereocenters. The van der Waals surface area contributed by atoms with E-state index >= 15 is 0 Å². The predicted octanol–water partition coefficient (Wildman–Crippen LogP) is 4.12. The van der Waals surface area contributed by atoms with Crippen molar-refractivity contribution in [2.45, 2.75) is 25.3 Å². The quantitative estimate of drug-likeness (QED) is 0.793. The van der Waals surface area contributed by atoms with Gasteiger partial charge in [0.2, 0.25) is 5.91 Å². The van der Waals surface area contributed by atoms with E-state index in [1.807, 2.05) is 24.3 Å². The molecular weight excluding hydrogens is 303 g/mol. The lowest BCUT2D eigenvalue weighted by molar-refractivity contribution is -0.136. The standard InChI is InChI=1S/C20H21FN2O/c1-23(20(24)15-8-3-2-4-9-15)19(18-12-5-6-13-22-18)16-10-7-11-17(21)14-16/h2-3,5-7,10-15,19H,4,8-9H2,1H3. The molecule has 0 bridgehead atoms. The topological polar surface area (TPSA) is 33.2 Å². The van der Waals surface area contributed by atoms with Crippen molar-refractivity contribution >= 4 is 5.91 Å². The summed E-state index contributed by atoms with van der Waals surface area (Å²) in [6.07, 6.45) is 8.44. The summed E-state index contributed by atoms with van der Waals surface area (Å²) in [7, 11) is 1.78. The Labute approximate surface area is 141 Å². The zero-order valence-corrected chi connectivity index (χ0v) is 13.7. The van der Waals surface area contributed by atoms with Gasteiger partial charge in [0.05, 0.1) is 11.7 Å². The Hall–Kier alpha value is -2.49. The van der Waals surface area contributed by atoms with Gasteiger partial charge in [0.1, 0.15) is 5.82 Å². The number of aromatic nitrogens is 1. The zero-order chi connectivity index (χ0) is 16.9. The fourth-order valence-corrected chi connectivity index (χ4v) is 3.24. The first-order chi connectivity index (χ1) is 11.7. The smallest absolute Gasteiger partial charge is 0.226 e. The van der Waals surface area contributed by atoms with E-state index in [1.54, 1.807) is 24.2 Å². The summed E-state index contributed by atoms with van der Waals surface area (Å²) in [5, 5.41) is 0. The molecule has 0 fully saturated rings. The van der Waals surface area contributed by atoms with Crippen LogP contribution in [0.4, 0.5) is 4.39 Å². The highest BCUT2D eigenvalue weighted by atomic mass is 19.1. The molecule has 124 valence electrons. The van der Waals surface area contributed by atoms with Gasteiger partial charge >= 0.3 is 0 Å². The van der Waals surface area contributed by atoms with Crippen LogP contribution in [0.25, 0.3) is 0 Å². The fraction of sp³-hybridized carbons (Fsp3) is 0.300. The van der Waals surface area contributed by atoms with Crippen LogP contribution >= 0.6 is 0 Å².